The lowest BCUT2D eigenvalue weighted by atomic mass is 10.0. The van der Waals surface area contributed by atoms with E-state index in [1.165, 1.54) is 12.1 Å². The summed E-state index contributed by atoms with van der Waals surface area (Å²) in [4.78, 5) is 11.8. The van der Waals surface area contributed by atoms with Crippen molar-refractivity contribution in [1.82, 2.24) is 5.32 Å². The molecule has 1 atom stereocenters. The number of halogens is 2. The van der Waals surface area contributed by atoms with E-state index in [9.17, 15) is 17.6 Å². The zero-order valence-corrected chi connectivity index (χ0v) is 13.8. The molecular weight excluding hydrogens is 365 g/mol. The van der Waals surface area contributed by atoms with Gasteiger partial charge in [-0.15, -0.1) is 0 Å². The molecule has 0 aliphatic carbocycles. The standard InChI is InChI=1S/C13H15BrFNO4S/c1-13(4-5-21(18,19)8-13)16-12(17)7-20-11-3-2-9(14)6-10(11)15/h2-3,6H,4-5,7-8H2,1H3,(H,16,17)/t13-/m0/s1. The van der Waals surface area contributed by atoms with Gasteiger partial charge >= 0.3 is 0 Å². The summed E-state index contributed by atoms with van der Waals surface area (Å²) in [5.41, 5.74) is -0.780. The van der Waals surface area contributed by atoms with E-state index in [0.717, 1.165) is 0 Å². The van der Waals surface area contributed by atoms with Crippen LogP contribution in [0, 0.1) is 5.82 Å². The molecule has 1 aromatic carbocycles. The maximum atomic E-state index is 13.5. The molecule has 1 saturated heterocycles. The highest BCUT2D eigenvalue weighted by Gasteiger charge is 2.39. The average Bonchev–Trinajstić information content (AvgIpc) is 2.62. The number of sulfone groups is 1. The first-order valence-corrected chi connectivity index (χ1v) is 8.90. The number of hydrogen-bond acceptors (Lipinski definition) is 4. The summed E-state index contributed by atoms with van der Waals surface area (Å²) < 4.78 is 42.1. The lowest BCUT2D eigenvalue weighted by molar-refractivity contribution is -0.124. The van der Waals surface area contributed by atoms with Crippen molar-refractivity contribution < 1.29 is 22.3 Å². The minimum atomic E-state index is -3.10. The van der Waals surface area contributed by atoms with Crippen molar-refractivity contribution in [1.29, 1.82) is 0 Å². The molecule has 1 aliphatic rings. The van der Waals surface area contributed by atoms with Gasteiger partial charge in [0.15, 0.2) is 28.0 Å². The molecule has 0 saturated carbocycles. The van der Waals surface area contributed by atoms with E-state index in [-0.39, 0.29) is 23.9 Å². The van der Waals surface area contributed by atoms with E-state index in [4.69, 9.17) is 4.74 Å². The Labute approximate surface area is 130 Å². The van der Waals surface area contributed by atoms with E-state index in [2.05, 4.69) is 21.2 Å². The quantitative estimate of drug-likeness (QED) is 0.863. The molecule has 1 amide bonds. The number of nitrogens with one attached hydrogen (secondary N) is 1. The third-order valence-electron chi connectivity index (χ3n) is 3.20. The lowest BCUT2D eigenvalue weighted by Gasteiger charge is -2.23. The Kier molecular flexibility index (Phi) is 4.57. The van der Waals surface area contributed by atoms with Crippen LogP contribution in [0.1, 0.15) is 13.3 Å². The van der Waals surface area contributed by atoms with Gasteiger partial charge in [0, 0.05) is 4.47 Å². The molecule has 1 aliphatic heterocycles. The van der Waals surface area contributed by atoms with Crippen LogP contribution in [0.2, 0.25) is 0 Å². The highest BCUT2D eigenvalue weighted by atomic mass is 79.9. The number of benzene rings is 1. The Hall–Kier alpha value is -1.15. The summed E-state index contributed by atoms with van der Waals surface area (Å²) >= 11 is 3.12. The third kappa shape index (κ3) is 4.41. The smallest absolute Gasteiger partial charge is 0.258 e. The fourth-order valence-corrected chi connectivity index (χ4v) is 4.64. The Balaban J connectivity index is 1.91. The summed E-state index contributed by atoms with van der Waals surface area (Å²) in [5, 5.41) is 2.64. The van der Waals surface area contributed by atoms with Crippen LogP contribution in [0.3, 0.4) is 0 Å². The number of carbonyl (C=O) groups excluding carboxylic acids is 1. The molecule has 21 heavy (non-hydrogen) atoms. The molecule has 1 N–H and O–H groups in total. The largest absolute Gasteiger partial charge is 0.481 e. The summed E-state index contributed by atoms with van der Waals surface area (Å²) in [5.74, 6) is -1.11. The number of rotatable bonds is 4. The maximum absolute atomic E-state index is 13.5. The molecule has 5 nitrogen and oxygen atoms in total. The van der Waals surface area contributed by atoms with Crippen LogP contribution in [0.25, 0.3) is 0 Å². The summed E-state index contributed by atoms with van der Waals surface area (Å²) in [6, 6.07) is 4.24. The first-order chi connectivity index (χ1) is 9.69. The van der Waals surface area contributed by atoms with Crippen molar-refractivity contribution in [3.05, 3.63) is 28.5 Å². The Bertz CT molecular complexity index is 664. The fourth-order valence-electron chi connectivity index (χ4n) is 2.22. The predicted molar refractivity (Wildman–Crippen MR) is 79.4 cm³/mol. The molecule has 0 spiro atoms. The highest BCUT2D eigenvalue weighted by molar-refractivity contribution is 9.10. The van der Waals surface area contributed by atoms with Gasteiger partial charge in [0.05, 0.1) is 17.0 Å². The van der Waals surface area contributed by atoms with Crippen molar-refractivity contribution in [3.63, 3.8) is 0 Å². The lowest BCUT2D eigenvalue weighted by Crippen LogP contribution is -2.48. The summed E-state index contributed by atoms with van der Waals surface area (Å²) in [6.45, 7) is 1.31. The second-order valence-electron chi connectivity index (χ2n) is 5.31. The number of hydrogen-bond donors (Lipinski definition) is 1. The van der Waals surface area contributed by atoms with Gasteiger partial charge in [-0.05, 0) is 31.5 Å². The minimum Gasteiger partial charge on any atom is -0.481 e. The zero-order valence-electron chi connectivity index (χ0n) is 11.4. The fraction of sp³-hybridized carbons (Fsp3) is 0.462. The number of amides is 1. The van der Waals surface area contributed by atoms with Crippen molar-refractivity contribution >= 4 is 31.7 Å². The van der Waals surface area contributed by atoms with Gasteiger partial charge in [-0.2, -0.15) is 0 Å². The minimum absolute atomic E-state index is 0.0300. The molecule has 1 heterocycles. The van der Waals surface area contributed by atoms with E-state index >= 15 is 0 Å². The third-order valence-corrected chi connectivity index (χ3v) is 5.59. The van der Waals surface area contributed by atoms with Crippen molar-refractivity contribution in [3.8, 4) is 5.75 Å². The second kappa shape index (κ2) is 5.92. The Morgan fingerprint density at radius 2 is 2.24 bits per heavy atom. The van der Waals surface area contributed by atoms with Crippen LogP contribution in [-0.2, 0) is 14.6 Å². The molecule has 0 radical (unpaired) electrons. The molecular formula is C13H15BrFNO4S. The summed E-state index contributed by atoms with van der Waals surface area (Å²) in [7, 11) is -3.10. The van der Waals surface area contributed by atoms with E-state index in [1.54, 1.807) is 13.0 Å². The van der Waals surface area contributed by atoms with Gasteiger partial charge in [0.1, 0.15) is 0 Å². The molecule has 0 bridgehead atoms. The van der Waals surface area contributed by atoms with Gasteiger partial charge in [-0.25, -0.2) is 12.8 Å². The van der Waals surface area contributed by atoms with Gasteiger partial charge < -0.3 is 10.1 Å². The van der Waals surface area contributed by atoms with Crippen molar-refractivity contribution in [2.24, 2.45) is 0 Å². The van der Waals surface area contributed by atoms with Crippen LogP contribution < -0.4 is 10.1 Å². The average molecular weight is 380 g/mol. The molecule has 0 unspecified atom stereocenters. The maximum Gasteiger partial charge on any atom is 0.258 e. The highest BCUT2D eigenvalue weighted by Crippen LogP contribution is 2.23. The normalized spacial score (nSPS) is 23.8. The number of ether oxygens (including phenoxy) is 1. The molecule has 116 valence electrons. The molecule has 1 fully saturated rings. The molecule has 8 heteroatoms. The summed E-state index contributed by atoms with van der Waals surface area (Å²) in [6.07, 6.45) is 0.369. The monoisotopic (exact) mass is 379 g/mol. The van der Waals surface area contributed by atoms with Gasteiger partial charge in [-0.1, -0.05) is 15.9 Å². The van der Waals surface area contributed by atoms with Crippen LogP contribution in [-0.4, -0.2) is 38.0 Å². The van der Waals surface area contributed by atoms with Crippen LogP contribution in [0.15, 0.2) is 22.7 Å². The van der Waals surface area contributed by atoms with E-state index < -0.39 is 27.1 Å². The van der Waals surface area contributed by atoms with Crippen LogP contribution in [0.5, 0.6) is 5.75 Å². The van der Waals surface area contributed by atoms with Crippen LogP contribution in [0.4, 0.5) is 4.39 Å². The Morgan fingerprint density at radius 3 is 2.81 bits per heavy atom. The van der Waals surface area contributed by atoms with Gasteiger partial charge in [0.25, 0.3) is 5.91 Å². The van der Waals surface area contributed by atoms with E-state index in [0.29, 0.717) is 10.9 Å². The Morgan fingerprint density at radius 1 is 1.52 bits per heavy atom. The topological polar surface area (TPSA) is 72.5 Å². The predicted octanol–water partition coefficient (Wildman–Crippen LogP) is 1.66. The van der Waals surface area contributed by atoms with Gasteiger partial charge in [-0.3, -0.25) is 4.79 Å². The number of carbonyl (C=O) groups is 1. The first-order valence-electron chi connectivity index (χ1n) is 6.28. The molecule has 0 aromatic heterocycles. The SMILES string of the molecule is C[C@]1(NC(=O)COc2ccc(Br)cc2F)CCS(=O)(=O)C1. The van der Waals surface area contributed by atoms with Crippen LogP contribution >= 0.6 is 15.9 Å². The molecule has 1 aromatic rings. The molecule has 2 rings (SSSR count). The second-order valence-corrected chi connectivity index (χ2v) is 8.41. The zero-order chi connectivity index (χ0) is 15.7. The van der Waals surface area contributed by atoms with Crippen molar-refractivity contribution in [2.75, 3.05) is 18.1 Å². The van der Waals surface area contributed by atoms with E-state index in [1.807, 2.05) is 0 Å². The van der Waals surface area contributed by atoms with Gasteiger partial charge in [0.2, 0.25) is 0 Å². The first kappa shape index (κ1) is 16.2. The van der Waals surface area contributed by atoms with Crippen molar-refractivity contribution in [2.45, 2.75) is 18.9 Å².